The van der Waals surface area contributed by atoms with Crippen LogP contribution in [0.15, 0.2) is 18.2 Å². The van der Waals surface area contributed by atoms with E-state index in [4.69, 9.17) is 19.3 Å². The van der Waals surface area contributed by atoms with Crippen LogP contribution in [0, 0.1) is 5.92 Å². The van der Waals surface area contributed by atoms with Crippen LogP contribution in [0.3, 0.4) is 0 Å². The molecule has 0 saturated carbocycles. The first kappa shape index (κ1) is 14.8. The molecule has 0 atom stereocenters. The van der Waals surface area contributed by atoms with Gasteiger partial charge < -0.3 is 19.3 Å². The zero-order chi connectivity index (χ0) is 14.4. The highest BCUT2D eigenvalue weighted by atomic mass is 16.5. The Bertz CT molecular complexity index is 452. The molecule has 2 rings (SSSR count). The molecule has 0 aromatic heterocycles. The molecule has 0 aliphatic carbocycles. The smallest absolute Gasteiger partial charge is 0.339 e. The zero-order valence-corrected chi connectivity index (χ0v) is 11.6. The number of aromatic carboxylic acids is 1. The normalized spacial score (nSPS) is 16.1. The van der Waals surface area contributed by atoms with Gasteiger partial charge in [0.25, 0.3) is 0 Å². The minimum atomic E-state index is -0.992. The van der Waals surface area contributed by atoms with E-state index < -0.39 is 5.97 Å². The average Bonchev–Trinajstić information content (AvgIpc) is 2.48. The molecule has 0 amide bonds. The van der Waals surface area contributed by atoms with Crippen LogP contribution in [0.5, 0.6) is 5.75 Å². The van der Waals surface area contributed by atoms with Gasteiger partial charge in [-0.15, -0.1) is 0 Å². The number of hydrogen-bond donors (Lipinski definition) is 1. The molecule has 1 aromatic carbocycles. The standard InChI is InChI=1S/C15H20O5/c1-18-14-3-2-12(8-13(14)15(16)17)10-20-9-11-4-6-19-7-5-11/h2-3,8,11H,4-7,9-10H2,1H3,(H,16,17). The van der Waals surface area contributed by atoms with E-state index in [2.05, 4.69) is 0 Å². The van der Waals surface area contributed by atoms with Gasteiger partial charge in [-0.25, -0.2) is 4.79 Å². The summed E-state index contributed by atoms with van der Waals surface area (Å²) in [7, 11) is 1.46. The summed E-state index contributed by atoms with van der Waals surface area (Å²) in [6.45, 7) is 2.72. The van der Waals surface area contributed by atoms with Gasteiger partial charge in [-0.2, -0.15) is 0 Å². The first-order valence-electron chi connectivity index (χ1n) is 6.76. The van der Waals surface area contributed by atoms with Crippen LogP contribution in [-0.2, 0) is 16.1 Å². The Hall–Kier alpha value is -1.59. The molecular formula is C15H20O5. The SMILES string of the molecule is COc1ccc(COCC2CCOCC2)cc1C(=O)O. The van der Waals surface area contributed by atoms with E-state index in [-0.39, 0.29) is 5.56 Å². The number of methoxy groups -OCH3 is 1. The lowest BCUT2D eigenvalue weighted by Crippen LogP contribution is -2.20. The molecule has 5 heteroatoms. The first-order chi connectivity index (χ1) is 9.70. The van der Waals surface area contributed by atoms with Gasteiger partial charge in [-0.1, -0.05) is 6.07 Å². The van der Waals surface area contributed by atoms with Crippen LogP contribution in [0.4, 0.5) is 0 Å². The Kier molecular flexibility index (Phi) is 5.38. The van der Waals surface area contributed by atoms with Gasteiger partial charge in [0, 0.05) is 13.2 Å². The lowest BCUT2D eigenvalue weighted by molar-refractivity contribution is 0.0157. The summed E-state index contributed by atoms with van der Waals surface area (Å²) in [6, 6.07) is 5.09. The topological polar surface area (TPSA) is 65.0 Å². The Labute approximate surface area is 118 Å². The molecule has 110 valence electrons. The Balaban J connectivity index is 1.89. The quantitative estimate of drug-likeness (QED) is 0.866. The van der Waals surface area contributed by atoms with E-state index >= 15 is 0 Å². The molecule has 0 unspecified atom stereocenters. The van der Waals surface area contributed by atoms with E-state index in [1.807, 2.05) is 6.07 Å². The van der Waals surface area contributed by atoms with Crippen molar-refractivity contribution in [2.24, 2.45) is 5.92 Å². The lowest BCUT2D eigenvalue weighted by atomic mass is 10.0. The van der Waals surface area contributed by atoms with Crippen LogP contribution in [-0.4, -0.2) is 38.0 Å². The van der Waals surface area contributed by atoms with Crippen LogP contribution >= 0.6 is 0 Å². The van der Waals surface area contributed by atoms with E-state index in [9.17, 15) is 4.79 Å². The Morgan fingerprint density at radius 3 is 2.80 bits per heavy atom. The second kappa shape index (κ2) is 7.26. The van der Waals surface area contributed by atoms with Crippen molar-refractivity contribution in [2.75, 3.05) is 26.9 Å². The second-order valence-corrected chi connectivity index (χ2v) is 4.91. The monoisotopic (exact) mass is 280 g/mol. The third-order valence-corrected chi connectivity index (χ3v) is 3.46. The molecule has 1 aliphatic rings. The van der Waals surface area contributed by atoms with Crippen molar-refractivity contribution in [3.63, 3.8) is 0 Å². The van der Waals surface area contributed by atoms with E-state index in [1.165, 1.54) is 7.11 Å². The van der Waals surface area contributed by atoms with Gasteiger partial charge in [-0.05, 0) is 36.5 Å². The van der Waals surface area contributed by atoms with E-state index in [0.717, 1.165) is 31.6 Å². The van der Waals surface area contributed by atoms with Crippen molar-refractivity contribution < 1.29 is 24.1 Å². The van der Waals surface area contributed by atoms with Crippen molar-refractivity contribution in [1.82, 2.24) is 0 Å². The van der Waals surface area contributed by atoms with E-state index in [1.54, 1.807) is 12.1 Å². The van der Waals surface area contributed by atoms with Gasteiger partial charge in [0.05, 0.1) is 20.3 Å². The van der Waals surface area contributed by atoms with Gasteiger partial charge in [0.15, 0.2) is 0 Å². The summed E-state index contributed by atoms with van der Waals surface area (Å²) in [6.07, 6.45) is 2.06. The van der Waals surface area contributed by atoms with Crippen molar-refractivity contribution in [1.29, 1.82) is 0 Å². The maximum Gasteiger partial charge on any atom is 0.339 e. The summed E-state index contributed by atoms with van der Waals surface area (Å²) < 4.78 is 16.0. The zero-order valence-electron chi connectivity index (χ0n) is 11.6. The molecule has 1 heterocycles. The molecule has 20 heavy (non-hydrogen) atoms. The van der Waals surface area contributed by atoms with Gasteiger partial charge in [0.1, 0.15) is 11.3 Å². The number of rotatable bonds is 6. The molecule has 1 saturated heterocycles. The number of hydrogen-bond acceptors (Lipinski definition) is 4. The highest BCUT2D eigenvalue weighted by Gasteiger charge is 2.15. The fraction of sp³-hybridized carbons (Fsp3) is 0.533. The van der Waals surface area contributed by atoms with Crippen molar-refractivity contribution in [3.8, 4) is 5.75 Å². The van der Waals surface area contributed by atoms with Gasteiger partial charge in [0.2, 0.25) is 0 Å². The fourth-order valence-corrected chi connectivity index (χ4v) is 2.27. The number of carbonyl (C=O) groups is 1. The fourth-order valence-electron chi connectivity index (χ4n) is 2.27. The predicted molar refractivity (Wildman–Crippen MR) is 73.2 cm³/mol. The summed E-state index contributed by atoms with van der Waals surface area (Å²) >= 11 is 0. The maximum absolute atomic E-state index is 11.1. The molecule has 1 N–H and O–H groups in total. The molecular weight excluding hydrogens is 260 g/mol. The summed E-state index contributed by atoms with van der Waals surface area (Å²) in [5.41, 5.74) is 1.01. The lowest BCUT2D eigenvalue weighted by Gasteiger charge is -2.21. The number of ether oxygens (including phenoxy) is 3. The van der Waals surface area contributed by atoms with Gasteiger partial charge in [-0.3, -0.25) is 0 Å². The van der Waals surface area contributed by atoms with Crippen LogP contribution in [0.25, 0.3) is 0 Å². The van der Waals surface area contributed by atoms with Gasteiger partial charge >= 0.3 is 5.97 Å². The molecule has 1 aromatic rings. The highest BCUT2D eigenvalue weighted by Crippen LogP contribution is 2.21. The van der Waals surface area contributed by atoms with E-state index in [0.29, 0.717) is 24.9 Å². The van der Waals surface area contributed by atoms with Crippen LogP contribution < -0.4 is 4.74 Å². The summed E-state index contributed by atoms with van der Waals surface area (Å²) in [5, 5.41) is 9.12. The third kappa shape index (κ3) is 3.95. The first-order valence-corrected chi connectivity index (χ1v) is 6.76. The molecule has 1 aliphatic heterocycles. The molecule has 0 radical (unpaired) electrons. The number of carboxylic acids is 1. The predicted octanol–water partition coefficient (Wildman–Crippen LogP) is 2.34. The second-order valence-electron chi connectivity index (χ2n) is 4.91. The highest BCUT2D eigenvalue weighted by molar-refractivity contribution is 5.91. The van der Waals surface area contributed by atoms with Crippen LogP contribution in [0.2, 0.25) is 0 Å². The molecule has 0 bridgehead atoms. The number of carboxylic acid groups (broad SMARTS) is 1. The summed E-state index contributed by atoms with van der Waals surface area (Å²) in [4.78, 5) is 11.1. The molecule has 1 fully saturated rings. The number of benzene rings is 1. The Morgan fingerprint density at radius 2 is 2.15 bits per heavy atom. The summed E-state index contributed by atoms with van der Waals surface area (Å²) in [5.74, 6) is -0.0836. The maximum atomic E-state index is 11.1. The van der Waals surface area contributed by atoms with Crippen LogP contribution in [0.1, 0.15) is 28.8 Å². The Morgan fingerprint density at radius 1 is 1.40 bits per heavy atom. The minimum absolute atomic E-state index is 0.166. The molecule has 0 spiro atoms. The largest absolute Gasteiger partial charge is 0.496 e. The molecule has 5 nitrogen and oxygen atoms in total. The average molecular weight is 280 g/mol. The third-order valence-electron chi connectivity index (χ3n) is 3.46. The van der Waals surface area contributed by atoms with Crippen molar-refractivity contribution >= 4 is 5.97 Å². The van der Waals surface area contributed by atoms with Crippen molar-refractivity contribution in [3.05, 3.63) is 29.3 Å². The van der Waals surface area contributed by atoms with Crippen molar-refractivity contribution in [2.45, 2.75) is 19.4 Å². The minimum Gasteiger partial charge on any atom is -0.496 e.